The van der Waals surface area contributed by atoms with E-state index in [4.69, 9.17) is 21.3 Å². The van der Waals surface area contributed by atoms with Crippen molar-refractivity contribution >= 4 is 28.8 Å². The van der Waals surface area contributed by atoms with Crippen LogP contribution in [0, 0.1) is 0 Å². The minimum absolute atomic E-state index is 0.273. The highest BCUT2D eigenvalue weighted by Crippen LogP contribution is 2.35. The molecule has 1 atom stereocenters. The summed E-state index contributed by atoms with van der Waals surface area (Å²) in [6.07, 6.45) is 2.02. The number of benzene rings is 2. The Morgan fingerprint density at radius 3 is 2.79 bits per heavy atom. The van der Waals surface area contributed by atoms with E-state index in [2.05, 4.69) is 22.8 Å². The van der Waals surface area contributed by atoms with Crippen LogP contribution in [0.5, 0.6) is 0 Å². The van der Waals surface area contributed by atoms with Gasteiger partial charge in [-0.3, -0.25) is 4.99 Å². The number of halogens is 1. The third kappa shape index (κ3) is 2.99. The molecule has 2 N–H and O–H groups in total. The second-order valence-electron chi connectivity index (χ2n) is 6.33. The van der Waals surface area contributed by atoms with Gasteiger partial charge in [0.1, 0.15) is 11.4 Å². The molecule has 2 aliphatic rings. The van der Waals surface area contributed by atoms with Gasteiger partial charge in [0.25, 0.3) is 0 Å². The van der Waals surface area contributed by atoms with E-state index in [1.807, 2.05) is 36.4 Å². The van der Waals surface area contributed by atoms with Gasteiger partial charge in [-0.15, -0.1) is 0 Å². The zero-order valence-electron chi connectivity index (χ0n) is 13.4. The molecular weight excluding hydrogens is 322 g/mol. The number of fused-ring (bicyclic) bond motifs is 1. The van der Waals surface area contributed by atoms with Crippen molar-refractivity contribution in [2.45, 2.75) is 24.9 Å². The Labute approximate surface area is 146 Å². The van der Waals surface area contributed by atoms with Gasteiger partial charge in [0.15, 0.2) is 0 Å². The fourth-order valence-corrected chi connectivity index (χ4v) is 3.55. The lowest BCUT2D eigenvalue weighted by atomic mass is 9.88. The van der Waals surface area contributed by atoms with Gasteiger partial charge >= 0.3 is 0 Å². The van der Waals surface area contributed by atoms with Gasteiger partial charge in [0.05, 0.1) is 24.5 Å². The Morgan fingerprint density at radius 2 is 2.00 bits per heavy atom. The first-order valence-electron chi connectivity index (χ1n) is 8.27. The van der Waals surface area contributed by atoms with E-state index in [0.717, 1.165) is 47.2 Å². The van der Waals surface area contributed by atoms with E-state index in [0.29, 0.717) is 13.2 Å². The lowest BCUT2D eigenvalue weighted by Crippen LogP contribution is -2.57. The third-order valence-electron chi connectivity index (χ3n) is 4.56. The van der Waals surface area contributed by atoms with Crippen LogP contribution < -0.4 is 10.6 Å². The van der Waals surface area contributed by atoms with Gasteiger partial charge in [-0.25, -0.2) is 0 Å². The van der Waals surface area contributed by atoms with Crippen molar-refractivity contribution < 1.29 is 4.74 Å². The number of ether oxygens (including phenoxy) is 1. The van der Waals surface area contributed by atoms with E-state index in [9.17, 15) is 0 Å². The zero-order valence-corrected chi connectivity index (χ0v) is 14.1. The van der Waals surface area contributed by atoms with Gasteiger partial charge in [0.2, 0.25) is 0 Å². The molecule has 2 aromatic rings. The molecule has 1 fully saturated rings. The Kier molecular flexibility index (Phi) is 4.17. The second-order valence-corrected chi connectivity index (χ2v) is 6.77. The number of amidine groups is 1. The van der Waals surface area contributed by atoms with Crippen LogP contribution >= 0.6 is 11.6 Å². The highest BCUT2D eigenvalue weighted by atomic mass is 35.5. The molecule has 0 radical (unpaired) electrons. The van der Waals surface area contributed by atoms with Gasteiger partial charge in [-0.1, -0.05) is 35.9 Å². The van der Waals surface area contributed by atoms with E-state index in [1.54, 1.807) is 0 Å². The summed E-state index contributed by atoms with van der Waals surface area (Å²) in [5.74, 6) is 0.945. The van der Waals surface area contributed by atoms with Crippen LogP contribution in [0.4, 0.5) is 11.4 Å². The van der Waals surface area contributed by atoms with E-state index in [-0.39, 0.29) is 5.54 Å². The van der Waals surface area contributed by atoms with Crippen LogP contribution in [0.2, 0.25) is 5.02 Å². The summed E-state index contributed by atoms with van der Waals surface area (Å²) in [5.41, 5.74) is 2.98. The monoisotopic (exact) mass is 341 g/mol. The number of aliphatic imine (C=N–C) groups is 1. The first-order chi connectivity index (χ1) is 11.8. The predicted molar refractivity (Wildman–Crippen MR) is 99.1 cm³/mol. The zero-order chi connectivity index (χ0) is 16.4. The standard InChI is InChI=1S/C19H20ClN3O/c20-15-6-3-5-14(11-15)12-21-18-19(9-4-10-24-13-19)23-17-8-2-1-7-16(17)22-18/h1-3,5-8,11,23H,4,9-10,12-13H2,(H,21,22). The van der Waals surface area contributed by atoms with Crippen molar-refractivity contribution in [3.63, 3.8) is 0 Å². The SMILES string of the molecule is Clc1cccc(CN=C2Nc3ccccc3NC23CCCOC3)c1. The number of anilines is 2. The van der Waals surface area contributed by atoms with Crippen LogP contribution in [0.15, 0.2) is 53.5 Å². The Bertz CT molecular complexity index is 769. The molecule has 0 aliphatic carbocycles. The average molecular weight is 342 g/mol. The summed E-state index contributed by atoms with van der Waals surface area (Å²) in [6, 6.07) is 16.1. The second kappa shape index (κ2) is 6.46. The maximum absolute atomic E-state index is 6.08. The van der Waals surface area contributed by atoms with Gasteiger partial charge < -0.3 is 15.4 Å². The number of hydrogen-bond acceptors (Lipinski definition) is 3. The summed E-state index contributed by atoms with van der Waals surface area (Å²) in [7, 11) is 0. The molecule has 2 aliphatic heterocycles. The maximum Gasteiger partial charge on any atom is 0.130 e. The van der Waals surface area contributed by atoms with E-state index in [1.165, 1.54) is 0 Å². The van der Waals surface area contributed by atoms with E-state index >= 15 is 0 Å². The van der Waals surface area contributed by atoms with Gasteiger partial charge in [-0.05, 0) is 42.7 Å². The molecule has 1 unspecified atom stereocenters. The Balaban J connectivity index is 1.66. The quantitative estimate of drug-likeness (QED) is 0.854. The molecule has 4 rings (SSSR count). The van der Waals surface area contributed by atoms with Crippen molar-refractivity contribution in [2.75, 3.05) is 23.8 Å². The van der Waals surface area contributed by atoms with Crippen molar-refractivity contribution in [3.8, 4) is 0 Å². The molecule has 0 aromatic heterocycles. The minimum atomic E-state index is -0.273. The summed E-state index contributed by atoms with van der Waals surface area (Å²) < 4.78 is 5.77. The van der Waals surface area contributed by atoms with E-state index < -0.39 is 0 Å². The molecule has 0 amide bonds. The fraction of sp³-hybridized carbons (Fsp3) is 0.316. The molecule has 24 heavy (non-hydrogen) atoms. The molecule has 2 heterocycles. The lowest BCUT2D eigenvalue weighted by molar-refractivity contribution is 0.0701. The van der Waals surface area contributed by atoms with Crippen LogP contribution in [0.3, 0.4) is 0 Å². The van der Waals surface area contributed by atoms with Crippen LogP contribution in [-0.2, 0) is 11.3 Å². The highest BCUT2D eigenvalue weighted by molar-refractivity contribution is 6.30. The average Bonchev–Trinajstić information content (AvgIpc) is 2.61. The molecule has 124 valence electrons. The third-order valence-corrected chi connectivity index (χ3v) is 4.79. The molecular formula is C19H20ClN3O. The van der Waals surface area contributed by atoms with Crippen molar-refractivity contribution in [2.24, 2.45) is 4.99 Å². The Morgan fingerprint density at radius 1 is 1.12 bits per heavy atom. The number of hydrogen-bond donors (Lipinski definition) is 2. The van der Waals surface area contributed by atoms with Gasteiger partial charge in [-0.2, -0.15) is 0 Å². The number of rotatable bonds is 2. The summed E-state index contributed by atoms with van der Waals surface area (Å²) in [5, 5.41) is 7.92. The molecule has 4 nitrogen and oxygen atoms in total. The molecule has 2 aromatic carbocycles. The van der Waals surface area contributed by atoms with Crippen molar-refractivity contribution in [1.82, 2.24) is 0 Å². The topological polar surface area (TPSA) is 45.7 Å². The van der Waals surface area contributed by atoms with Gasteiger partial charge in [0, 0.05) is 11.6 Å². The summed E-state index contributed by atoms with van der Waals surface area (Å²) in [4.78, 5) is 4.87. The van der Waals surface area contributed by atoms with Crippen molar-refractivity contribution in [1.29, 1.82) is 0 Å². The fourth-order valence-electron chi connectivity index (χ4n) is 3.34. The van der Waals surface area contributed by atoms with Crippen LogP contribution in [0.1, 0.15) is 18.4 Å². The minimum Gasteiger partial charge on any atom is -0.379 e. The van der Waals surface area contributed by atoms with Crippen molar-refractivity contribution in [3.05, 3.63) is 59.1 Å². The first-order valence-corrected chi connectivity index (χ1v) is 8.64. The predicted octanol–water partition coefficient (Wildman–Crippen LogP) is 4.33. The van der Waals surface area contributed by atoms with Crippen LogP contribution in [-0.4, -0.2) is 24.6 Å². The molecule has 0 bridgehead atoms. The largest absolute Gasteiger partial charge is 0.379 e. The summed E-state index contributed by atoms with van der Waals surface area (Å²) in [6.45, 7) is 2.03. The number of nitrogens with zero attached hydrogens (tertiary/aromatic N) is 1. The lowest BCUT2D eigenvalue weighted by Gasteiger charge is -2.43. The normalized spacial score (nSPS) is 24.3. The molecule has 1 spiro atoms. The maximum atomic E-state index is 6.08. The number of nitrogens with one attached hydrogen (secondary N) is 2. The molecule has 0 saturated carbocycles. The first kappa shape index (κ1) is 15.5. The smallest absolute Gasteiger partial charge is 0.130 e. The Hall–Kier alpha value is -2.04. The number of para-hydroxylation sites is 2. The highest BCUT2D eigenvalue weighted by Gasteiger charge is 2.41. The summed E-state index contributed by atoms with van der Waals surface area (Å²) >= 11 is 6.08. The van der Waals surface area contributed by atoms with Crippen LogP contribution in [0.25, 0.3) is 0 Å². The molecule has 5 heteroatoms. The molecule has 1 saturated heterocycles.